The van der Waals surface area contributed by atoms with E-state index in [4.69, 9.17) is 5.73 Å². The minimum atomic E-state index is -3.07. The van der Waals surface area contributed by atoms with Crippen LogP contribution < -0.4 is 5.73 Å². The molecule has 0 radical (unpaired) electrons. The summed E-state index contributed by atoms with van der Waals surface area (Å²) >= 11 is 0. The average molecular weight is 234 g/mol. The van der Waals surface area contributed by atoms with E-state index in [-0.39, 0.29) is 24.7 Å². The molecule has 1 unspecified atom stereocenters. The Kier molecular flexibility index (Phi) is 4.10. The Bertz CT molecular complexity index is 326. The topological polar surface area (TPSA) is 80.5 Å². The lowest BCUT2D eigenvalue weighted by Gasteiger charge is -2.32. The second kappa shape index (κ2) is 4.94. The van der Waals surface area contributed by atoms with E-state index in [1.807, 2.05) is 6.92 Å². The van der Waals surface area contributed by atoms with E-state index in [1.54, 1.807) is 4.90 Å². The molecule has 5 nitrogen and oxygen atoms in total. The normalized spacial score (nSPS) is 25.2. The number of carbonyl (C=O) groups excluding carboxylic acids is 1. The molecule has 1 fully saturated rings. The average Bonchev–Trinajstić information content (AvgIpc) is 2.17. The van der Waals surface area contributed by atoms with E-state index in [9.17, 15) is 13.2 Å². The number of amides is 1. The van der Waals surface area contributed by atoms with E-state index in [0.717, 1.165) is 6.42 Å². The Morgan fingerprint density at radius 2 is 2.20 bits per heavy atom. The molecule has 15 heavy (non-hydrogen) atoms. The lowest BCUT2D eigenvalue weighted by Crippen LogP contribution is -2.51. The summed E-state index contributed by atoms with van der Waals surface area (Å²) in [6, 6.07) is 0. The Labute approximate surface area is 90.5 Å². The van der Waals surface area contributed by atoms with Gasteiger partial charge < -0.3 is 10.6 Å². The van der Waals surface area contributed by atoms with Gasteiger partial charge in [0.15, 0.2) is 9.84 Å². The van der Waals surface area contributed by atoms with Crippen LogP contribution in [-0.2, 0) is 14.6 Å². The fourth-order valence-electron chi connectivity index (χ4n) is 1.67. The molecule has 1 heterocycles. The SMILES string of the molecule is CCCC(=O)N1CCS(=O)(=O)C(CN)C1. The van der Waals surface area contributed by atoms with Gasteiger partial charge in [0, 0.05) is 26.1 Å². The van der Waals surface area contributed by atoms with E-state index in [0.29, 0.717) is 13.0 Å². The molecular formula is C9H18N2O3S. The van der Waals surface area contributed by atoms with Crippen molar-refractivity contribution in [3.05, 3.63) is 0 Å². The Balaban J connectivity index is 2.65. The summed E-state index contributed by atoms with van der Waals surface area (Å²) in [5.41, 5.74) is 5.40. The lowest BCUT2D eigenvalue weighted by atomic mass is 10.2. The van der Waals surface area contributed by atoms with Gasteiger partial charge in [-0.2, -0.15) is 0 Å². The first-order chi connectivity index (χ1) is 7.01. The molecule has 1 amide bonds. The van der Waals surface area contributed by atoms with Crippen molar-refractivity contribution >= 4 is 15.7 Å². The quantitative estimate of drug-likeness (QED) is 0.705. The third-order valence-corrected chi connectivity index (χ3v) is 4.77. The molecule has 0 bridgehead atoms. The molecule has 1 aliphatic heterocycles. The van der Waals surface area contributed by atoms with Crippen molar-refractivity contribution in [2.45, 2.75) is 25.0 Å². The van der Waals surface area contributed by atoms with Gasteiger partial charge in [0.2, 0.25) is 5.91 Å². The molecule has 0 spiro atoms. The van der Waals surface area contributed by atoms with Crippen LogP contribution in [0.3, 0.4) is 0 Å². The van der Waals surface area contributed by atoms with Crippen LogP contribution in [0.4, 0.5) is 0 Å². The van der Waals surface area contributed by atoms with Gasteiger partial charge in [-0.15, -0.1) is 0 Å². The highest BCUT2D eigenvalue weighted by atomic mass is 32.2. The highest BCUT2D eigenvalue weighted by Gasteiger charge is 2.33. The molecule has 2 N–H and O–H groups in total. The van der Waals surface area contributed by atoms with Gasteiger partial charge in [0.25, 0.3) is 0 Å². The fraction of sp³-hybridized carbons (Fsp3) is 0.889. The third kappa shape index (κ3) is 2.92. The smallest absolute Gasteiger partial charge is 0.222 e. The van der Waals surface area contributed by atoms with Crippen LogP contribution in [0.15, 0.2) is 0 Å². The predicted octanol–water partition coefficient (Wildman–Crippen LogP) is -0.629. The zero-order valence-corrected chi connectivity index (χ0v) is 9.79. The van der Waals surface area contributed by atoms with Gasteiger partial charge in [-0.05, 0) is 6.42 Å². The molecule has 1 saturated heterocycles. The maximum atomic E-state index is 11.6. The molecule has 0 aliphatic carbocycles. The van der Waals surface area contributed by atoms with Crippen molar-refractivity contribution in [2.75, 3.05) is 25.4 Å². The zero-order chi connectivity index (χ0) is 11.5. The van der Waals surface area contributed by atoms with Gasteiger partial charge in [-0.1, -0.05) is 6.92 Å². The van der Waals surface area contributed by atoms with Crippen molar-refractivity contribution in [3.8, 4) is 0 Å². The molecule has 1 rings (SSSR count). The van der Waals surface area contributed by atoms with Crippen LogP contribution in [0, 0.1) is 0 Å². The second-order valence-electron chi connectivity index (χ2n) is 3.81. The number of nitrogens with zero attached hydrogens (tertiary/aromatic N) is 1. The molecule has 0 aromatic carbocycles. The lowest BCUT2D eigenvalue weighted by molar-refractivity contribution is -0.131. The summed E-state index contributed by atoms with van der Waals surface area (Å²) in [4.78, 5) is 13.2. The molecule has 0 saturated carbocycles. The molecule has 0 aromatic heterocycles. The van der Waals surface area contributed by atoms with Crippen LogP contribution >= 0.6 is 0 Å². The fourth-order valence-corrected chi connectivity index (χ4v) is 3.18. The van der Waals surface area contributed by atoms with Crippen LogP contribution in [0.2, 0.25) is 0 Å². The van der Waals surface area contributed by atoms with Crippen molar-refractivity contribution in [3.63, 3.8) is 0 Å². The highest BCUT2D eigenvalue weighted by molar-refractivity contribution is 7.92. The number of hydrogen-bond donors (Lipinski definition) is 1. The first-order valence-electron chi connectivity index (χ1n) is 5.20. The first-order valence-corrected chi connectivity index (χ1v) is 6.92. The maximum absolute atomic E-state index is 11.6. The molecule has 0 aromatic rings. The van der Waals surface area contributed by atoms with Crippen molar-refractivity contribution in [2.24, 2.45) is 5.73 Å². The monoisotopic (exact) mass is 234 g/mol. The molecule has 1 atom stereocenters. The van der Waals surface area contributed by atoms with Crippen molar-refractivity contribution in [1.82, 2.24) is 4.90 Å². The van der Waals surface area contributed by atoms with Crippen LogP contribution in [0.25, 0.3) is 0 Å². The van der Waals surface area contributed by atoms with Gasteiger partial charge in [0.1, 0.15) is 0 Å². The van der Waals surface area contributed by atoms with Crippen LogP contribution in [0.5, 0.6) is 0 Å². The van der Waals surface area contributed by atoms with Crippen molar-refractivity contribution in [1.29, 1.82) is 0 Å². The van der Waals surface area contributed by atoms with Crippen LogP contribution in [0.1, 0.15) is 19.8 Å². The number of hydrogen-bond acceptors (Lipinski definition) is 4. The van der Waals surface area contributed by atoms with Gasteiger partial charge in [0.05, 0.1) is 11.0 Å². The van der Waals surface area contributed by atoms with Gasteiger partial charge in [-0.3, -0.25) is 4.79 Å². The first kappa shape index (κ1) is 12.4. The minimum Gasteiger partial charge on any atom is -0.340 e. The van der Waals surface area contributed by atoms with E-state index < -0.39 is 15.1 Å². The van der Waals surface area contributed by atoms with Crippen LogP contribution in [-0.4, -0.2) is 49.9 Å². The Hall–Kier alpha value is -0.620. The van der Waals surface area contributed by atoms with Gasteiger partial charge in [-0.25, -0.2) is 8.42 Å². The predicted molar refractivity (Wildman–Crippen MR) is 58.1 cm³/mol. The number of nitrogens with two attached hydrogens (primary N) is 1. The summed E-state index contributed by atoms with van der Waals surface area (Å²) < 4.78 is 23.0. The molecule has 88 valence electrons. The standard InChI is InChI=1S/C9H18N2O3S/c1-2-3-9(12)11-4-5-15(13,14)8(6-10)7-11/h8H,2-7,10H2,1H3. The number of rotatable bonds is 3. The number of carbonyl (C=O) groups is 1. The maximum Gasteiger partial charge on any atom is 0.222 e. The highest BCUT2D eigenvalue weighted by Crippen LogP contribution is 2.12. The number of sulfone groups is 1. The van der Waals surface area contributed by atoms with Crippen molar-refractivity contribution < 1.29 is 13.2 Å². The minimum absolute atomic E-state index is 0.0332. The Morgan fingerprint density at radius 1 is 1.53 bits per heavy atom. The summed E-state index contributed by atoms with van der Waals surface area (Å²) in [5, 5.41) is -0.577. The summed E-state index contributed by atoms with van der Waals surface area (Å²) in [5.74, 6) is 0.0791. The van der Waals surface area contributed by atoms with E-state index >= 15 is 0 Å². The summed E-state index contributed by atoms with van der Waals surface area (Å²) in [6.07, 6.45) is 1.27. The van der Waals surface area contributed by atoms with E-state index in [2.05, 4.69) is 0 Å². The summed E-state index contributed by atoms with van der Waals surface area (Å²) in [7, 11) is -3.07. The largest absolute Gasteiger partial charge is 0.340 e. The summed E-state index contributed by atoms with van der Waals surface area (Å²) in [6.45, 7) is 2.60. The van der Waals surface area contributed by atoms with Gasteiger partial charge >= 0.3 is 0 Å². The zero-order valence-electron chi connectivity index (χ0n) is 8.98. The Morgan fingerprint density at radius 3 is 2.73 bits per heavy atom. The second-order valence-corrected chi connectivity index (χ2v) is 6.22. The molecule has 1 aliphatic rings. The van der Waals surface area contributed by atoms with E-state index in [1.165, 1.54) is 0 Å². The molecule has 6 heteroatoms. The third-order valence-electron chi connectivity index (χ3n) is 2.66. The molecular weight excluding hydrogens is 216 g/mol.